The Morgan fingerprint density at radius 2 is 2.00 bits per heavy atom. The second-order valence-corrected chi connectivity index (χ2v) is 5.69. The molecule has 0 radical (unpaired) electrons. The molecule has 0 aliphatic carbocycles. The fraction of sp³-hybridized carbons (Fsp3) is 0. The van der Waals surface area contributed by atoms with Gasteiger partial charge in [0, 0.05) is 5.69 Å². The Bertz CT molecular complexity index is 693. The Morgan fingerprint density at radius 3 is 2.75 bits per heavy atom. The molecule has 0 unspecified atom stereocenters. The minimum atomic E-state index is 0.737. The number of nitrogens with two attached hydrogens (primary N) is 1. The predicted molar refractivity (Wildman–Crippen MR) is 72.1 cm³/mol. The minimum absolute atomic E-state index is 0.737. The van der Waals surface area contributed by atoms with Crippen LogP contribution in [0.15, 0.2) is 30.3 Å². The van der Waals surface area contributed by atoms with E-state index in [4.69, 9.17) is 18.0 Å². The molecule has 0 atom stereocenters. The number of para-hydroxylation sites is 1. The number of hydrogen-bond acceptors (Lipinski definition) is 5. The average molecular weight is 265 g/mol. The molecule has 0 spiro atoms. The fourth-order valence-corrected chi connectivity index (χ4v) is 3.60. The summed E-state index contributed by atoms with van der Waals surface area (Å²) in [4.78, 5) is 0. The quantitative estimate of drug-likeness (QED) is 0.685. The second kappa shape index (κ2) is 3.65. The first-order valence-corrected chi connectivity index (χ1v) is 6.59. The molecule has 0 aliphatic rings. The number of nitrogens with zero attached hydrogens (tertiary/aromatic N) is 2. The summed E-state index contributed by atoms with van der Waals surface area (Å²) in [6.45, 7) is 0. The van der Waals surface area contributed by atoms with Crippen molar-refractivity contribution in [2.75, 3.05) is 5.73 Å². The van der Waals surface area contributed by atoms with Gasteiger partial charge >= 0.3 is 0 Å². The molecule has 3 nitrogen and oxygen atoms in total. The lowest BCUT2D eigenvalue weighted by atomic mass is 10.3. The Labute approximate surface area is 105 Å². The molecule has 2 aromatic heterocycles. The SMILES string of the molecule is Nc1snc2c1sc(=S)n2-c1ccccc1. The van der Waals surface area contributed by atoms with Crippen LogP contribution in [0.4, 0.5) is 5.00 Å². The zero-order valence-electron chi connectivity index (χ0n) is 8.08. The first kappa shape index (κ1) is 9.95. The van der Waals surface area contributed by atoms with Crippen molar-refractivity contribution >= 4 is 50.4 Å². The summed E-state index contributed by atoms with van der Waals surface area (Å²) in [5.74, 6) is 0. The lowest BCUT2D eigenvalue weighted by Crippen LogP contribution is -1.92. The van der Waals surface area contributed by atoms with Gasteiger partial charge in [0.2, 0.25) is 0 Å². The molecule has 0 amide bonds. The third-order valence-electron chi connectivity index (χ3n) is 2.26. The van der Waals surface area contributed by atoms with E-state index in [-0.39, 0.29) is 0 Å². The first-order valence-electron chi connectivity index (χ1n) is 4.59. The van der Waals surface area contributed by atoms with Gasteiger partial charge in [-0.25, -0.2) is 0 Å². The van der Waals surface area contributed by atoms with Gasteiger partial charge < -0.3 is 5.73 Å². The number of thiazole rings is 1. The van der Waals surface area contributed by atoms with Gasteiger partial charge in [0.1, 0.15) is 9.70 Å². The standard InChI is InChI=1S/C10H7N3S3/c11-8-7-9(12-16-8)13(10(14)15-7)6-4-2-1-3-5-6/h1-5H,11H2. The van der Waals surface area contributed by atoms with Crippen molar-refractivity contribution in [3.8, 4) is 5.69 Å². The predicted octanol–water partition coefficient (Wildman–Crippen LogP) is 3.46. The average Bonchev–Trinajstić information content (AvgIpc) is 2.80. The van der Waals surface area contributed by atoms with Crippen molar-refractivity contribution in [2.45, 2.75) is 0 Å². The normalized spacial score (nSPS) is 11.0. The Hall–Kier alpha value is -1.24. The molecule has 0 saturated carbocycles. The number of aromatic nitrogens is 2. The van der Waals surface area contributed by atoms with Gasteiger partial charge in [-0.1, -0.05) is 29.5 Å². The van der Waals surface area contributed by atoms with Gasteiger partial charge in [-0.2, -0.15) is 4.37 Å². The van der Waals surface area contributed by atoms with Crippen molar-refractivity contribution in [3.63, 3.8) is 0 Å². The van der Waals surface area contributed by atoms with Gasteiger partial charge in [-0.15, -0.1) is 0 Å². The molecule has 6 heteroatoms. The summed E-state index contributed by atoms with van der Waals surface area (Å²) in [5.41, 5.74) is 7.74. The van der Waals surface area contributed by atoms with Crippen LogP contribution in [0.1, 0.15) is 0 Å². The van der Waals surface area contributed by atoms with E-state index >= 15 is 0 Å². The third kappa shape index (κ3) is 1.38. The zero-order chi connectivity index (χ0) is 11.1. The second-order valence-electron chi connectivity index (χ2n) is 3.24. The van der Waals surface area contributed by atoms with Crippen LogP contribution in [0, 0.1) is 3.95 Å². The van der Waals surface area contributed by atoms with Crippen molar-refractivity contribution in [1.82, 2.24) is 8.94 Å². The number of fused-ring (bicyclic) bond motifs is 1. The third-order valence-corrected chi connectivity index (χ3v) is 4.45. The zero-order valence-corrected chi connectivity index (χ0v) is 10.5. The molecule has 1 aromatic carbocycles. The van der Waals surface area contributed by atoms with Crippen LogP contribution in [0.5, 0.6) is 0 Å². The molecule has 2 heterocycles. The fourth-order valence-electron chi connectivity index (χ4n) is 1.55. The smallest absolute Gasteiger partial charge is 0.172 e. The molecule has 0 aliphatic heterocycles. The maximum Gasteiger partial charge on any atom is 0.172 e. The Morgan fingerprint density at radius 1 is 1.25 bits per heavy atom. The molecule has 0 fully saturated rings. The molecule has 3 aromatic rings. The Balaban J connectivity index is 2.39. The van der Waals surface area contributed by atoms with Crippen LogP contribution in [0.25, 0.3) is 16.0 Å². The van der Waals surface area contributed by atoms with Crippen molar-refractivity contribution in [1.29, 1.82) is 0 Å². The summed E-state index contributed by atoms with van der Waals surface area (Å²) < 4.78 is 8.07. The largest absolute Gasteiger partial charge is 0.388 e. The van der Waals surface area contributed by atoms with Gasteiger partial charge in [0.15, 0.2) is 9.60 Å². The molecule has 2 N–H and O–H groups in total. The summed E-state index contributed by atoms with van der Waals surface area (Å²) in [7, 11) is 0. The van der Waals surface area contributed by atoms with Gasteiger partial charge in [0.05, 0.1) is 0 Å². The van der Waals surface area contributed by atoms with Crippen LogP contribution >= 0.6 is 35.1 Å². The molecular formula is C10H7N3S3. The van der Waals surface area contributed by atoms with Gasteiger partial charge in [0.25, 0.3) is 0 Å². The number of rotatable bonds is 1. The number of nitrogen functional groups attached to an aromatic ring is 1. The summed E-state index contributed by atoms with van der Waals surface area (Å²) in [6.07, 6.45) is 0. The van der Waals surface area contributed by atoms with Crippen LogP contribution in [-0.2, 0) is 0 Å². The van der Waals surface area contributed by atoms with Gasteiger partial charge in [-0.3, -0.25) is 4.57 Å². The maximum atomic E-state index is 5.84. The van der Waals surface area contributed by atoms with E-state index < -0.39 is 0 Å². The molecule has 3 rings (SSSR count). The van der Waals surface area contributed by atoms with E-state index in [1.54, 1.807) is 0 Å². The molecule has 0 saturated heterocycles. The highest BCUT2D eigenvalue weighted by Crippen LogP contribution is 2.32. The molecule has 80 valence electrons. The van der Waals surface area contributed by atoms with Gasteiger partial charge in [-0.05, 0) is 35.9 Å². The van der Waals surface area contributed by atoms with Crippen LogP contribution < -0.4 is 5.73 Å². The highest BCUT2D eigenvalue weighted by atomic mass is 32.1. The van der Waals surface area contributed by atoms with E-state index in [0.29, 0.717) is 0 Å². The summed E-state index contributed by atoms with van der Waals surface area (Å²) >= 11 is 8.16. The lowest BCUT2D eigenvalue weighted by molar-refractivity contribution is 1.10. The number of anilines is 1. The topological polar surface area (TPSA) is 43.8 Å². The van der Waals surface area contributed by atoms with Crippen molar-refractivity contribution in [3.05, 3.63) is 34.3 Å². The van der Waals surface area contributed by atoms with Crippen molar-refractivity contribution in [2.24, 2.45) is 0 Å². The minimum Gasteiger partial charge on any atom is -0.388 e. The summed E-state index contributed by atoms with van der Waals surface area (Å²) in [6, 6.07) is 9.97. The van der Waals surface area contributed by atoms with E-state index in [1.807, 2.05) is 34.9 Å². The van der Waals surface area contributed by atoms with E-state index in [0.717, 1.165) is 25.0 Å². The molecular weight excluding hydrogens is 258 g/mol. The summed E-state index contributed by atoms with van der Waals surface area (Å²) in [5, 5.41) is 0.737. The monoisotopic (exact) mass is 265 g/mol. The van der Waals surface area contributed by atoms with Crippen LogP contribution in [0.3, 0.4) is 0 Å². The maximum absolute atomic E-state index is 5.84. The molecule has 16 heavy (non-hydrogen) atoms. The first-order chi connectivity index (χ1) is 7.77. The van der Waals surface area contributed by atoms with E-state index in [9.17, 15) is 0 Å². The van der Waals surface area contributed by atoms with E-state index in [1.165, 1.54) is 22.9 Å². The molecule has 0 bridgehead atoms. The highest BCUT2D eigenvalue weighted by Gasteiger charge is 2.12. The lowest BCUT2D eigenvalue weighted by Gasteiger charge is -2.00. The van der Waals surface area contributed by atoms with Crippen LogP contribution in [-0.4, -0.2) is 8.94 Å². The van der Waals surface area contributed by atoms with Crippen LogP contribution in [0.2, 0.25) is 0 Å². The van der Waals surface area contributed by atoms with Crippen molar-refractivity contribution < 1.29 is 0 Å². The Kier molecular flexibility index (Phi) is 2.27. The number of benzene rings is 1. The van der Waals surface area contributed by atoms with E-state index in [2.05, 4.69) is 4.37 Å². The number of hydrogen-bond donors (Lipinski definition) is 1. The highest BCUT2D eigenvalue weighted by molar-refractivity contribution is 7.73.